The van der Waals surface area contributed by atoms with Crippen molar-refractivity contribution in [1.29, 1.82) is 0 Å². The first-order chi connectivity index (χ1) is 7.93. The van der Waals surface area contributed by atoms with Crippen LogP contribution in [-0.2, 0) is 4.79 Å². The standard InChI is InChI=1S/C14H26N2O/c1-8(2)13-14(17)16(11(5)15-13)12-7-6-9(3)10(12)4/h8-13,15H,6-7H2,1-5H3. The third-order valence-corrected chi connectivity index (χ3v) is 4.80. The zero-order valence-corrected chi connectivity index (χ0v) is 11.7. The Morgan fingerprint density at radius 2 is 1.88 bits per heavy atom. The molecule has 1 saturated heterocycles. The first-order valence-corrected chi connectivity index (χ1v) is 7.01. The number of nitrogens with zero attached hydrogens (tertiary/aromatic N) is 1. The van der Waals surface area contributed by atoms with Crippen LogP contribution in [0, 0.1) is 17.8 Å². The van der Waals surface area contributed by atoms with Crippen molar-refractivity contribution in [3.05, 3.63) is 0 Å². The van der Waals surface area contributed by atoms with Crippen molar-refractivity contribution >= 4 is 5.91 Å². The van der Waals surface area contributed by atoms with Crippen molar-refractivity contribution in [3.8, 4) is 0 Å². The predicted molar refractivity (Wildman–Crippen MR) is 69.4 cm³/mol. The van der Waals surface area contributed by atoms with Gasteiger partial charge in [0, 0.05) is 6.04 Å². The number of nitrogens with one attached hydrogen (secondary N) is 1. The maximum Gasteiger partial charge on any atom is 0.241 e. The topological polar surface area (TPSA) is 32.3 Å². The Hall–Kier alpha value is -0.570. The summed E-state index contributed by atoms with van der Waals surface area (Å²) in [4.78, 5) is 14.6. The highest BCUT2D eigenvalue weighted by Crippen LogP contribution is 2.37. The van der Waals surface area contributed by atoms with Crippen LogP contribution in [0.15, 0.2) is 0 Å². The molecule has 3 heteroatoms. The van der Waals surface area contributed by atoms with Crippen LogP contribution in [0.1, 0.15) is 47.5 Å². The Labute approximate surface area is 105 Å². The van der Waals surface area contributed by atoms with Crippen LogP contribution in [0.25, 0.3) is 0 Å². The maximum atomic E-state index is 12.5. The lowest BCUT2D eigenvalue weighted by atomic mass is 9.96. The van der Waals surface area contributed by atoms with Gasteiger partial charge in [-0.15, -0.1) is 0 Å². The molecule has 0 radical (unpaired) electrons. The molecule has 1 heterocycles. The van der Waals surface area contributed by atoms with Gasteiger partial charge < -0.3 is 4.90 Å². The van der Waals surface area contributed by atoms with Gasteiger partial charge in [-0.1, -0.05) is 27.7 Å². The van der Waals surface area contributed by atoms with Crippen LogP contribution in [0.4, 0.5) is 0 Å². The molecule has 5 unspecified atom stereocenters. The molecule has 1 saturated carbocycles. The summed E-state index contributed by atoms with van der Waals surface area (Å²) in [5.74, 6) is 2.08. The van der Waals surface area contributed by atoms with Gasteiger partial charge in [0.05, 0.1) is 12.2 Å². The predicted octanol–water partition coefficient (Wildman–Crippen LogP) is 2.22. The molecular weight excluding hydrogens is 212 g/mol. The molecule has 0 aromatic heterocycles. The summed E-state index contributed by atoms with van der Waals surface area (Å²) >= 11 is 0. The minimum Gasteiger partial charge on any atom is -0.323 e. The summed E-state index contributed by atoms with van der Waals surface area (Å²) < 4.78 is 0. The van der Waals surface area contributed by atoms with Crippen LogP contribution >= 0.6 is 0 Å². The van der Waals surface area contributed by atoms with Crippen molar-refractivity contribution in [2.45, 2.75) is 65.7 Å². The Morgan fingerprint density at radius 3 is 2.29 bits per heavy atom. The molecule has 1 aliphatic carbocycles. The molecule has 1 N–H and O–H groups in total. The van der Waals surface area contributed by atoms with Gasteiger partial charge in [-0.3, -0.25) is 10.1 Å². The lowest BCUT2D eigenvalue weighted by molar-refractivity contribution is -0.133. The summed E-state index contributed by atoms with van der Waals surface area (Å²) in [6.07, 6.45) is 2.63. The number of carbonyl (C=O) groups excluding carboxylic acids is 1. The molecule has 2 rings (SSSR count). The Kier molecular flexibility index (Phi) is 3.48. The summed E-state index contributed by atoms with van der Waals surface area (Å²) in [5.41, 5.74) is 0. The highest BCUT2D eigenvalue weighted by Gasteiger charge is 2.45. The van der Waals surface area contributed by atoms with E-state index in [0.717, 1.165) is 5.92 Å². The molecule has 2 fully saturated rings. The van der Waals surface area contributed by atoms with E-state index < -0.39 is 0 Å². The molecule has 5 atom stereocenters. The van der Waals surface area contributed by atoms with Crippen molar-refractivity contribution in [2.24, 2.45) is 17.8 Å². The fourth-order valence-corrected chi connectivity index (χ4v) is 3.42. The largest absolute Gasteiger partial charge is 0.323 e. The Balaban J connectivity index is 2.14. The van der Waals surface area contributed by atoms with Crippen molar-refractivity contribution in [2.75, 3.05) is 0 Å². The molecular formula is C14H26N2O. The lowest BCUT2D eigenvalue weighted by Crippen LogP contribution is -2.45. The molecule has 3 nitrogen and oxygen atoms in total. The van der Waals surface area contributed by atoms with Crippen molar-refractivity contribution < 1.29 is 4.79 Å². The zero-order valence-electron chi connectivity index (χ0n) is 11.7. The molecule has 0 aromatic carbocycles. The number of amides is 1. The highest BCUT2D eigenvalue weighted by atomic mass is 16.2. The molecule has 0 bridgehead atoms. The minimum absolute atomic E-state index is 0.0214. The van der Waals surface area contributed by atoms with E-state index in [2.05, 4.69) is 44.8 Å². The van der Waals surface area contributed by atoms with E-state index in [1.54, 1.807) is 0 Å². The van der Waals surface area contributed by atoms with Crippen LogP contribution < -0.4 is 5.32 Å². The fourth-order valence-electron chi connectivity index (χ4n) is 3.42. The second-order valence-electron chi connectivity index (χ2n) is 6.29. The van der Waals surface area contributed by atoms with Gasteiger partial charge in [-0.2, -0.15) is 0 Å². The fraction of sp³-hybridized carbons (Fsp3) is 0.929. The second-order valence-corrected chi connectivity index (χ2v) is 6.29. The van der Waals surface area contributed by atoms with Gasteiger partial charge in [0.15, 0.2) is 0 Å². The van der Waals surface area contributed by atoms with Gasteiger partial charge in [0.2, 0.25) is 5.91 Å². The molecule has 98 valence electrons. The summed E-state index contributed by atoms with van der Waals surface area (Å²) in [6.45, 7) is 11.0. The Morgan fingerprint density at radius 1 is 1.24 bits per heavy atom. The van der Waals surface area contributed by atoms with E-state index in [1.807, 2.05) is 0 Å². The quantitative estimate of drug-likeness (QED) is 0.800. The smallest absolute Gasteiger partial charge is 0.241 e. The van der Waals surface area contributed by atoms with Crippen LogP contribution in [-0.4, -0.2) is 29.1 Å². The Bertz CT molecular complexity index is 303. The number of hydrogen-bond donors (Lipinski definition) is 1. The molecule has 0 spiro atoms. The second kappa shape index (κ2) is 4.60. The molecule has 17 heavy (non-hydrogen) atoms. The number of carbonyl (C=O) groups is 1. The van der Waals surface area contributed by atoms with E-state index in [0.29, 0.717) is 23.8 Å². The molecule has 0 aromatic rings. The summed E-state index contributed by atoms with van der Waals surface area (Å²) in [5, 5.41) is 3.44. The third kappa shape index (κ3) is 2.10. The third-order valence-electron chi connectivity index (χ3n) is 4.80. The summed E-state index contributed by atoms with van der Waals surface area (Å²) in [6, 6.07) is 0.469. The summed E-state index contributed by atoms with van der Waals surface area (Å²) in [7, 11) is 0. The lowest BCUT2D eigenvalue weighted by Gasteiger charge is -2.32. The van der Waals surface area contributed by atoms with Crippen LogP contribution in [0.3, 0.4) is 0 Å². The monoisotopic (exact) mass is 238 g/mol. The van der Waals surface area contributed by atoms with Gasteiger partial charge in [0.1, 0.15) is 0 Å². The van der Waals surface area contributed by atoms with E-state index in [9.17, 15) is 4.79 Å². The van der Waals surface area contributed by atoms with Crippen molar-refractivity contribution in [1.82, 2.24) is 10.2 Å². The normalized spacial score (nSPS) is 42.8. The van der Waals surface area contributed by atoms with Crippen LogP contribution in [0.5, 0.6) is 0 Å². The van der Waals surface area contributed by atoms with Crippen LogP contribution in [0.2, 0.25) is 0 Å². The molecule has 1 amide bonds. The van der Waals surface area contributed by atoms with Crippen molar-refractivity contribution in [3.63, 3.8) is 0 Å². The first-order valence-electron chi connectivity index (χ1n) is 7.01. The van der Waals surface area contributed by atoms with Gasteiger partial charge in [-0.05, 0) is 37.5 Å². The van der Waals surface area contributed by atoms with E-state index in [1.165, 1.54) is 12.8 Å². The average molecular weight is 238 g/mol. The molecule has 2 aliphatic rings. The number of hydrogen-bond acceptors (Lipinski definition) is 2. The highest BCUT2D eigenvalue weighted by molar-refractivity contribution is 5.85. The van der Waals surface area contributed by atoms with Gasteiger partial charge >= 0.3 is 0 Å². The van der Waals surface area contributed by atoms with E-state index in [-0.39, 0.29) is 12.2 Å². The SMILES string of the molecule is CC(C)C1NC(C)N(C2CCC(C)C2C)C1=O. The van der Waals surface area contributed by atoms with E-state index >= 15 is 0 Å². The maximum absolute atomic E-state index is 12.5. The molecule has 1 aliphatic heterocycles. The number of rotatable bonds is 2. The zero-order chi connectivity index (χ0) is 12.7. The van der Waals surface area contributed by atoms with E-state index in [4.69, 9.17) is 0 Å². The van der Waals surface area contributed by atoms with Gasteiger partial charge in [0.25, 0.3) is 0 Å². The average Bonchev–Trinajstić information content (AvgIpc) is 2.71. The minimum atomic E-state index is 0.0214. The van der Waals surface area contributed by atoms with Gasteiger partial charge in [-0.25, -0.2) is 0 Å². The first kappa shape index (κ1) is 12.9.